The number of nitrogens with zero attached hydrogens (tertiary/aromatic N) is 1. The monoisotopic (exact) mass is 275 g/mol. The molecule has 1 atom stereocenters. The van der Waals surface area contributed by atoms with Crippen LogP contribution in [0.25, 0.3) is 0 Å². The van der Waals surface area contributed by atoms with Gasteiger partial charge in [0.1, 0.15) is 0 Å². The van der Waals surface area contributed by atoms with Crippen LogP contribution in [0.1, 0.15) is 56.3 Å². The molecule has 0 bridgehead atoms. The predicted molar refractivity (Wildman–Crippen MR) is 81.9 cm³/mol. The van der Waals surface area contributed by atoms with Gasteiger partial charge in [0.2, 0.25) is 0 Å². The molecular weight excluding hydrogens is 250 g/mol. The molecule has 4 heteroatoms. The second-order valence-corrected chi connectivity index (χ2v) is 5.61. The van der Waals surface area contributed by atoms with E-state index in [4.69, 9.17) is 0 Å². The first kappa shape index (κ1) is 14.8. The number of hydrogen-bond donors (Lipinski definition) is 2. The normalized spacial score (nSPS) is 15.7. The zero-order valence-corrected chi connectivity index (χ0v) is 12.5. The highest BCUT2D eigenvalue weighted by Crippen LogP contribution is 2.34. The van der Waals surface area contributed by atoms with E-state index in [-0.39, 0.29) is 5.91 Å². The van der Waals surface area contributed by atoms with Crippen molar-refractivity contribution in [3.63, 3.8) is 0 Å². The van der Waals surface area contributed by atoms with Crippen molar-refractivity contribution in [1.29, 1.82) is 0 Å². The van der Waals surface area contributed by atoms with Gasteiger partial charge in [0, 0.05) is 18.8 Å². The minimum atomic E-state index is 0.0125. The first-order valence-corrected chi connectivity index (χ1v) is 7.73. The van der Waals surface area contributed by atoms with E-state index < -0.39 is 0 Å². The molecule has 2 N–H and O–H groups in total. The molecule has 1 saturated carbocycles. The molecule has 20 heavy (non-hydrogen) atoms. The lowest BCUT2D eigenvalue weighted by Crippen LogP contribution is -2.35. The molecule has 0 spiro atoms. The van der Waals surface area contributed by atoms with Crippen LogP contribution in [-0.2, 0) is 0 Å². The maximum absolute atomic E-state index is 12.4. The van der Waals surface area contributed by atoms with Gasteiger partial charge in [-0.1, -0.05) is 26.7 Å². The van der Waals surface area contributed by atoms with Crippen LogP contribution in [0.2, 0.25) is 0 Å². The summed E-state index contributed by atoms with van der Waals surface area (Å²) in [6, 6.07) is 2.08. The van der Waals surface area contributed by atoms with Crippen molar-refractivity contribution in [2.45, 2.75) is 52.0 Å². The largest absolute Gasteiger partial charge is 0.383 e. The number of nitrogens with one attached hydrogen (secondary N) is 2. The topological polar surface area (TPSA) is 54.0 Å². The van der Waals surface area contributed by atoms with Crippen molar-refractivity contribution in [3.8, 4) is 0 Å². The molecule has 2 rings (SSSR count). The number of hydrogen-bond acceptors (Lipinski definition) is 3. The van der Waals surface area contributed by atoms with Gasteiger partial charge in [0.15, 0.2) is 0 Å². The molecule has 1 fully saturated rings. The van der Waals surface area contributed by atoms with Gasteiger partial charge in [0.25, 0.3) is 5.91 Å². The summed E-state index contributed by atoms with van der Waals surface area (Å²) in [6.45, 7) is 5.09. The Balaban J connectivity index is 1.99. The fourth-order valence-corrected chi connectivity index (χ4v) is 2.34. The van der Waals surface area contributed by atoms with Crippen LogP contribution < -0.4 is 10.6 Å². The first-order chi connectivity index (χ1) is 9.74. The first-order valence-electron chi connectivity index (χ1n) is 7.73. The maximum Gasteiger partial charge on any atom is 0.253 e. The lowest BCUT2D eigenvalue weighted by atomic mass is 10.1. The van der Waals surface area contributed by atoms with E-state index in [1.54, 1.807) is 18.5 Å². The maximum atomic E-state index is 12.4. The van der Waals surface area contributed by atoms with Crippen LogP contribution in [0.3, 0.4) is 0 Å². The lowest BCUT2D eigenvalue weighted by molar-refractivity contribution is 0.0933. The molecule has 1 aliphatic carbocycles. The molecule has 1 aromatic heterocycles. The Hall–Kier alpha value is -1.58. The zero-order valence-electron chi connectivity index (χ0n) is 12.5. The highest BCUT2D eigenvalue weighted by Gasteiger charge is 2.26. The minimum Gasteiger partial charge on any atom is -0.383 e. The van der Waals surface area contributed by atoms with E-state index in [1.165, 1.54) is 12.8 Å². The Labute approximate surface area is 121 Å². The smallest absolute Gasteiger partial charge is 0.253 e. The Bertz CT molecular complexity index is 443. The molecule has 1 aromatic rings. The zero-order chi connectivity index (χ0) is 14.4. The lowest BCUT2D eigenvalue weighted by Gasteiger charge is -2.18. The van der Waals surface area contributed by atoms with Gasteiger partial charge in [-0.05, 0) is 31.2 Å². The number of rotatable bonds is 8. The molecule has 1 amide bonds. The third-order valence-electron chi connectivity index (χ3n) is 3.77. The summed E-state index contributed by atoms with van der Waals surface area (Å²) in [5, 5.41) is 6.43. The van der Waals surface area contributed by atoms with E-state index >= 15 is 0 Å². The van der Waals surface area contributed by atoms with Gasteiger partial charge in [-0.15, -0.1) is 0 Å². The van der Waals surface area contributed by atoms with Crippen molar-refractivity contribution in [3.05, 3.63) is 24.0 Å². The molecule has 0 aromatic carbocycles. The van der Waals surface area contributed by atoms with Crippen LogP contribution in [0.4, 0.5) is 5.69 Å². The molecule has 4 nitrogen and oxygen atoms in total. The number of anilines is 1. The Morgan fingerprint density at radius 3 is 2.90 bits per heavy atom. The van der Waals surface area contributed by atoms with E-state index in [0.29, 0.717) is 11.6 Å². The van der Waals surface area contributed by atoms with Crippen LogP contribution in [0, 0.1) is 5.92 Å². The van der Waals surface area contributed by atoms with Crippen molar-refractivity contribution in [1.82, 2.24) is 10.3 Å². The van der Waals surface area contributed by atoms with Gasteiger partial charge < -0.3 is 10.6 Å². The van der Waals surface area contributed by atoms with Crippen LogP contribution in [0.5, 0.6) is 0 Å². The summed E-state index contributed by atoms with van der Waals surface area (Å²) >= 11 is 0. The SMILES string of the molecule is CCCNc1cnccc1C(=O)NC(CC)CC1CC1. The molecule has 110 valence electrons. The molecular formula is C16H25N3O. The second kappa shape index (κ2) is 7.27. The fourth-order valence-electron chi connectivity index (χ4n) is 2.34. The predicted octanol–water partition coefficient (Wildman–Crippen LogP) is 3.21. The van der Waals surface area contributed by atoms with Crippen molar-refractivity contribution in [2.24, 2.45) is 5.92 Å². The Morgan fingerprint density at radius 2 is 2.25 bits per heavy atom. The van der Waals surface area contributed by atoms with Crippen molar-refractivity contribution in [2.75, 3.05) is 11.9 Å². The van der Waals surface area contributed by atoms with Crippen LogP contribution >= 0.6 is 0 Å². The average molecular weight is 275 g/mol. The molecule has 1 aliphatic rings. The minimum absolute atomic E-state index is 0.0125. The average Bonchev–Trinajstić information content (AvgIpc) is 3.28. The number of amides is 1. The summed E-state index contributed by atoms with van der Waals surface area (Å²) in [5.41, 5.74) is 1.52. The van der Waals surface area contributed by atoms with E-state index in [2.05, 4.69) is 29.5 Å². The second-order valence-electron chi connectivity index (χ2n) is 5.61. The van der Waals surface area contributed by atoms with Crippen molar-refractivity contribution >= 4 is 11.6 Å². The Kier molecular flexibility index (Phi) is 5.39. The van der Waals surface area contributed by atoms with E-state index in [1.807, 2.05) is 0 Å². The third-order valence-corrected chi connectivity index (χ3v) is 3.77. The molecule has 0 saturated heterocycles. The van der Waals surface area contributed by atoms with Crippen LogP contribution in [-0.4, -0.2) is 23.5 Å². The van der Waals surface area contributed by atoms with Crippen LogP contribution in [0.15, 0.2) is 18.5 Å². The van der Waals surface area contributed by atoms with Gasteiger partial charge in [-0.2, -0.15) is 0 Å². The highest BCUT2D eigenvalue weighted by molar-refractivity contribution is 5.99. The van der Waals surface area contributed by atoms with Crippen molar-refractivity contribution < 1.29 is 4.79 Å². The summed E-state index contributed by atoms with van der Waals surface area (Å²) in [5.74, 6) is 0.842. The molecule has 0 aliphatic heterocycles. The Morgan fingerprint density at radius 1 is 1.45 bits per heavy atom. The van der Waals surface area contributed by atoms with Gasteiger partial charge in [-0.25, -0.2) is 0 Å². The number of aromatic nitrogens is 1. The number of carbonyl (C=O) groups excluding carboxylic acids is 1. The standard InChI is InChI=1S/C16H25N3O/c1-3-8-18-15-11-17-9-7-14(15)16(20)19-13(4-2)10-12-5-6-12/h7,9,11-13,18H,3-6,8,10H2,1-2H3,(H,19,20). The molecule has 0 radical (unpaired) electrons. The summed E-state index contributed by atoms with van der Waals surface area (Å²) < 4.78 is 0. The molecule has 1 unspecified atom stereocenters. The fraction of sp³-hybridized carbons (Fsp3) is 0.625. The van der Waals surface area contributed by atoms with Gasteiger partial charge >= 0.3 is 0 Å². The third kappa shape index (κ3) is 4.22. The molecule has 1 heterocycles. The van der Waals surface area contributed by atoms with E-state index in [0.717, 1.165) is 37.4 Å². The summed E-state index contributed by atoms with van der Waals surface area (Å²) in [7, 11) is 0. The van der Waals surface area contributed by atoms with E-state index in [9.17, 15) is 4.79 Å². The number of carbonyl (C=O) groups is 1. The van der Waals surface area contributed by atoms with Gasteiger partial charge in [-0.3, -0.25) is 9.78 Å². The summed E-state index contributed by atoms with van der Waals surface area (Å²) in [6.07, 6.45) is 9.18. The van der Waals surface area contributed by atoms with Gasteiger partial charge in [0.05, 0.1) is 17.4 Å². The highest BCUT2D eigenvalue weighted by atomic mass is 16.1. The quantitative estimate of drug-likeness (QED) is 0.766. The number of pyridine rings is 1. The summed E-state index contributed by atoms with van der Waals surface area (Å²) in [4.78, 5) is 16.5.